The molecule has 20 heavy (non-hydrogen) atoms. The molecule has 2 rings (SSSR count). The molecule has 1 heterocycles. The van der Waals surface area contributed by atoms with Crippen LogP contribution in [-0.2, 0) is 4.74 Å². The number of nitrogens with zero attached hydrogens (tertiary/aromatic N) is 1. The lowest BCUT2D eigenvalue weighted by Crippen LogP contribution is -2.55. The second-order valence-corrected chi connectivity index (χ2v) is 6.52. The van der Waals surface area contributed by atoms with Crippen molar-refractivity contribution in [1.82, 2.24) is 10.2 Å². The average Bonchev–Trinajstić information content (AvgIpc) is 2.46. The lowest BCUT2D eigenvalue weighted by molar-refractivity contribution is -0.0522. The molecule has 0 aromatic carbocycles. The topological polar surface area (TPSA) is 24.5 Å². The molecule has 0 spiro atoms. The van der Waals surface area contributed by atoms with E-state index in [-0.39, 0.29) is 0 Å². The molecule has 3 nitrogen and oxygen atoms in total. The van der Waals surface area contributed by atoms with Gasteiger partial charge in [-0.05, 0) is 32.2 Å². The van der Waals surface area contributed by atoms with Crippen molar-refractivity contribution in [2.75, 3.05) is 26.2 Å². The molecule has 0 aromatic rings. The van der Waals surface area contributed by atoms with Gasteiger partial charge in [0, 0.05) is 25.2 Å². The number of ether oxygens (including phenoxy) is 1. The van der Waals surface area contributed by atoms with Gasteiger partial charge >= 0.3 is 0 Å². The highest BCUT2D eigenvalue weighted by molar-refractivity contribution is 4.88. The molecule has 2 aliphatic rings. The zero-order chi connectivity index (χ0) is 14.2. The Morgan fingerprint density at radius 1 is 1.10 bits per heavy atom. The highest BCUT2D eigenvalue weighted by Gasteiger charge is 2.31. The Hall–Kier alpha value is -0.120. The van der Waals surface area contributed by atoms with Crippen molar-refractivity contribution < 1.29 is 4.74 Å². The highest BCUT2D eigenvalue weighted by Crippen LogP contribution is 2.24. The fourth-order valence-corrected chi connectivity index (χ4v) is 3.76. The quantitative estimate of drug-likeness (QED) is 0.838. The first kappa shape index (κ1) is 16.3. The average molecular weight is 282 g/mol. The van der Waals surface area contributed by atoms with E-state index in [4.69, 9.17) is 4.74 Å². The molecule has 2 fully saturated rings. The maximum atomic E-state index is 5.86. The fraction of sp³-hybridized carbons (Fsp3) is 1.00. The maximum absolute atomic E-state index is 5.86. The zero-order valence-corrected chi connectivity index (χ0v) is 13.6. The summed E-state index contributed by atoms with van der Waals surface area (Å²) in [5.41, 5.74) is 0. The van der Waals surface area contributed by atoms with E-state index in [1.54, 1.807) is 0 Å². The second kappa shape index (κ2) is 9.01. The van der Waals surface area contributed by atoms with Gasteiger partial charge in [0.15, 0.2) is 0 Å². The van der Waals surface area contributed by atoms with Crippen LogP contribution in [0.2, 0.25) is 0 Å². The molecule has 0 amide bonds. The number of rotatable bonds is 5. The van der Waals surface area contributed by atoms with Crippen LogP contribution in [0.1, 0.15) is 65.2 Å². The molecular formula is C17H34N2O. The van der Waals surface area contributed by atoms with Crippen LogP contribution in [0.3, 0.4) is 0 Å². The first-order valence-electron chi connectivity index (χ1n) is 8.94. The predicted octanol–water partition coefficient (Wildman–Crippen LogP) is 3.19. The lowest BCUT2D eigenvalue weighted by Gasteiger charge is -2.43. The standard InChI is InChI=1S/C17H34N2O/c1-3-11-18-16-9-7-5-6-8-10-17(16)19-12-13-20-15(4-2)14-19/h15-18H,3-14H2,1-2H3. The molecular weight excluding hydrogens is 248 g/mol. The third kappa shape index (κ3) is 4.71. The summed E-state index contributed by atoms with van der Waals surface area (Å²) >= 11 is 0. The monoisotopic (exact) mass is 282 g/mol. The Labute approximate surface area is 125 Å². The second-order valence-electron chi connectivity index (χ2n) is 6.52. The van der Waals surface area contributed by atoms with Gasteiger partial charge in [0.2, 0.25) is 0 Å². The van der Waals surface area contributed by atoms with Crippen LogP contribution in [0.25, 0.3) is 0 Å². The largest absolute Gasteiger partial charge is 0.376 e. The van der Waals surface area contributed by atoms with Crippen molar-refractivity contribution in [2.24, 2.45) is 0 Å². The highest BCUT2D eigenvalue weighted by atomic mass is 16.5. The van der Waals surface area contributed by atoms with Gasteiger partial charge in [-0.15, -0.1) is 0 Å². The van der Waals surface area contributed by atoms with E-state index >= 15 is 0 Å². The Balaban J connectivity index is 1.97. The summed E-state index contributed by atoms with van der Waals surface area (Å²) in [6.07, 6.45) is 11.2. The van der Waals surface area contributed by atoms with Crippen molar-refractivity contribution in [2.45, 2.75) is 83.4 Å². The summed E-state index contributed by atoms with van der Waals surface area (Å²) in [5.74, 6) is 0. The molecule has 1 saturated heterocycles. The van der Waals surface area contributed by atoms with Gasteiger partial charge in [-0.25, -0.2) is 0 Å². The first-order valence-corrected chi connectivity index (χ1v) is 8.94. The first-order chi connectivity index (χ1) is 9.85. The van der Waals surface area contributed by atoms with E-state index < -0.39 is 0 Å². The van der Waals surface area contributed by atoms with Crippen molar-refractivity contribution in [3.05, 3.63) is 0 Å². The van der Waals surface area contributed by atoms with E-state index in [0.29, 0.717) is 12.1 Å². The normalized spacial score (nSPS) is 33.6. The van der Waals surface area contributed by atoms with Gasteiger partial charge < -0.3 is 10.1 Å². The molecule has 0 aromatic heterocycles. The summed E-state index contributed by atoms with van der Waals surface area (Å²) in [4.78, 5) is 2.73. The van der Waals surface area contributed by atoms with E-state index in [0.717, 1.165) is 32.2 Å². The van der Waals surface area contributed by atoms with Crippen LogP contribution >= 0.6 is 0 Å². The molecule has 1 saturated carbocycles. The number of hydrogen-bond acceptors (Lipinski definition) is 3. The Bertz CT molecular complexity index is 255. The van der Waals surface area contributed by atoms with Gasteiger partial charge in [-0.3, -0.25) is 4.90 Å². The van der Waals surface area contributed by atoms with E-state index in [1.807, 2.05) is 0 Å². The van der Waals surface area contributed by atoms with Crippen LogP contribution in [0, 0.1) is 0 Å². The molecule has 3 atom stereocenters. The summed E-state index contributed by atoms with van der Waals surface area (Å²) in [5, 5.41) is 3.84. The Morgan fingerprint density at radius 2 is 1.90 bits per heavy atom. The van der Waals surface area contributed by atoms with Gasteiger partial charge in [0.05, 0.1) is 12.7 Å². The van der Waals surface area contributed by atoms with Crippen molar-refractivity contribution in [3.8, 4) is 0 Å². The summed E-state index contributed by atoms with van der Waals surface area (Å²) < 4.78 is 5.86. The van der Waals surface area contributed by atoms with Gasteiger partial charge in [0.25, 0.3) is 0 Å². The summed E-state index contributed by atoms with van der Waals surface area (Å²) in [6.45, 7) is 8.89. The Morgan fingerprint density at radius 3 is 2.65 bits per heavy atom. The minimum atomic E-state index is 0.459. The molecule has 0 radical (unpaired) electrons. The van der Waals surface area contributed by atoms with Gasteiger partial charge in [0.1, 0.15) is 0 Å². The fourth-order valence-electron chi connectivity index (χ4n) is 3.76. The molecule has 1 N–H and O–H groups in total. The van der Waals surface area contributed by atoms with Crippen LogP contribution < -0.4 is 5.32 Å². The minimum Gasteiger partial charge on any atom is -0.376 e. The van der Waals surface area contributed by atoms with E-state index in [1.165, 1.54) is 51.5 Å². The van der Waals surface area contributed by atoms with E-state index in [9.17, 15) is 0 Å². The molecule has 0 bridgehead atoms. The third-order valence-corrected chi connectivity index (χ3v) is 4.98. The van der Waals surface area contributed by atoms with Crippen molar-refractivity contribution in [1.29, 1.82) is 0 Å². The molecule has 3 unspecified atom stereocenters. The lowest BCUT2D eigenvalue weighted by atomic mass is 9.90. The third-order valence-electron chi connectivity index (χ3n) is 4.98. The van der Waals surface area contributed by atoms with Crippen molar-refractivity contribution >= 4 is 0 Å². The number of hydrogen-bond donors (Lipinski definition) is 1. The molecule has 1 aliphatic heterocycles. The maximum Gasteiger partial charge on any atom is 0.0700 e. The van der Waals surface area contributed by atoms with E-state index in [2.05, 4.69) is 24.1 Å². The number of morpholine rings is 1. The van der Waals surface area contributed by atoms with Crippen molar-refractivity contribution in [3.63, 3.8) is 0 Å². The predicted molar refractivity (Wildman–Crippen MR) is 85.2 cm³/mol. The molecule has 3 heteroatoms. The Kier molecular flexibility index (Phi) is 7.32. The molecule has 1 aliphatic carbocycles. The van der Waals surface area contributed by atoms with Crippen LogP contribution in [0.4, 0.5) is 0 Å². The summed E-state index contributed by atoms with van der Waals surface area (Å²) in [6, 6.07) is 1.44. The van der Waals surface area contributed by atoms with Crippen LogP contribution in [0.5, 0.6) is 0 Å². The summed E-state index contributed by atoms with van der Waals surface area (Å²) in [7, 11) is 0. The molecule has 118 valence electrons. The van der Waals surface area contributed by atoms with Crippen LogP contribution in [-0.4, -0.2) is 49.3 Å². The SMILES string of the molecule is CCCNC1CCCCCCC1N1CCOC(CC)C1. The number of nitrogens with one attached hydrogen (secondary N) is 1. The van der Waals surface area contributed by atoms with Gasteiger partial charge in [-0.2, -0.15) is 0 Å². The minimum absolute atomic E-state index is 0.459. The zero-order valence-electron chi connectivity index (χ0n) is 13.6. The van der Waals surface area contributed by atoms with Crippen LogP contribution in [0.15, 0.2) is 0 Å². The smallest absolute Gasteiger partial charge is 0.0700 e. The van der Waals surface area contributed by atoms with Gasteiger partial charge in [-0.1, -0.05) is 39.5 Å².